The van der Waals surface area contributed by atoms with Gasteiger partial charge in [0.1, 0.15) is 11.6 Å². The minimum Gasteiger partial charge on any atom is -0.349 e. The molecule has 0 aromatic heterocycles. The Labute approximate surface area is 132 Å². The number of halogens is 2. The fraction of sp³-hybridized carbons (Fsp3) is 0.176. The zero-order valence-corrected chi connectivity index (χ0v) is 12.5. The van der Waals surface area contributed by atoms with Gasteiger partial charge in [-0.25, -0.2) is 8.78 Å². The van der Waals surface area contributed by atoms with Crippen LogP contribution < -0.4 is 10.6 Å². The number of anilines is 1. The average molecular weight is 318 g/mol. The van der Waals surface area contributed by atoms with Gasteiger partial charge in [0.05, 0.1) is 18.2 Å². The summed E-state index contributed by atoms with van der Waals surface area (Å²) in [6, 6.07) is 11.2. The average Bonchev–Trinajstić information content (AvgIpc) is 2.51. The summed E-state index contributed by atoms with van der Waals surface area (Å²) >= 11 is 0. The summed E-state index contributed by atoms with van der Waals surface area (Å²) in [5.41, 5.74) is 0.516. The lowest BCUT2D eigenvalue weighted by Gasteiger charge is -2.18. The lowest BCUT2D eigenvalue weighted by atomic mass is 10.0. The first-order valence-corrected chi connectivity index (χ1v) is 7.02. The molecule has 0 aliphatic carbocycles. The molecule has 0 spiro atoms. The number of hydrogen-bond donors (Lipinski definition) is 2. The molecule has 0 heterocycles. The molecule has 23 heavy (non-hydrogen) atoms. The van der Waals surface area contributed by atoms with Gasteiger partial charge in [0.15, 0.2) is 0 Å². The summed E-state index contributed by atoms with van der Waals surface area (Å²) in [5.74, 6) is -2.19. The highest BCUT2D eigenvalue weighted by atomic mass is 19.1. The lowest BCUT2D eigenvalue weighted by molar-refractivity contribution is -0.120. The molecule has 0 bridgehead atoms. The summed E-state index contributed by atoms with van der Waals surface area (Å²) < 4.78 is 26.7. The van der Waals surface area contributed by atoms with Crippen molar-refractivity contribution in [2.75, 3.05) is 5.32 Å². The molecular weight excluding hydrogens is 302 g/mol. The molecule has 2 rings (SSSR count). The molecule has 0 aliphatic heterocycles. The molecule has 1 atom stereocenters. The van der Waals surface area contributed by atoms with Crippen LogP contribution in [0.1, 0.15) is 24.9 Å². The van der Waals surface area contributed by atoms with Crippen LogP contribution >= 0.6 is 0 Å². The van der Waals surface area contributed by atoms with Crippen molar-refractivity contribution in [1.29, 1.82) is 0 Å². The molecule has 2 N–H and O–H groups in total. The van der Waals surface area contributed by atoms with Gasteiger partial charge in [-0.1, -0.05) is 30.3 Å². The Morgan fingerprint density at radius 2 is 1.78 bits per heavy atom. The maximum absolute atomic E-state index is 13.5. The standard InChI is InChI=1S/C17H16F2N2O2/c1-11(22)20-15(12-5-3-2-4-6-12)10-17(23)21-16-9-13(18)7-8-14(16)19/h2-9,15H,10H2,1H3,(H,20,22)(H,21,23)/t15-/m1/s1. The van der Waals surface area contributed by atoms with Gasteiger partial charge in [-0.3, -0.25) is 9.59 Å². The van der Waals surface area contributed by atoms with Gasteiger partial charge in [0, 0.05) is 13.0 Å². The van der Waals surface area contributed by atoms with Crippen LogP contribution in [0.4, 0.5) is 14.5 Å². The topological polar surface area (TPSA) is 58.2 Å². The van der Waals surface area contributed by atoms with E-state index in [2.05, 4.69) is 10.6 Å². The lowest BCUT2D eigenvalue weighted by Crippen LogP contribution is -2.29. The Hall–Kier alpha value is -2.76. The largest absolute Gasteiger partial charge is 0.349 e. The maximum atomic E-state index is 13.5. The second-order valence-electron chi connectivity index (χ2n) is 5.04. The number of carbonyl (C=O) groups is 2. The van der Waals surface area contributed by atoms with E-state index >= 15 is 0 Å². The first-order chi connectivity index (χ1) is 11.0. The van der Waals surface area contributed by atoms with Crippen LogP contribution in [0.2, 0.25) is 0 Å². The van der Waals surface area contributed by atoms with E-state index < -0.39 is 23.6 Å². The maximum Gasteiger partial charge on any atom is 0.226 e. The van der Waals surface area contributed by atoms with Gasteiger partial charge in [-0.15, -0.1) is 0 Å². The summed E-state index contributed by atoms with van der Waals surface area (Å²) in [6.45, 7) is 1.35. The zero-order valence-electron chi connectivity index (χ0n) is 12.5. The molecule has 2 aromatic rings. The van der Waals surface area contributed by atoms with Gasteiger partial charge in [0.2, 0.25) is 11.8 Å². The molecule has 0 saturated heterocycles. The highest BCUT2D eigenvalue weighted by molar-refractivity contribution is 5.91. The Morgan fingerprint density at radius 1 is 1.09 bits per heavy atom. The van der Waals surface area contributed by atoms with E-state index in [1.165, 1.54) is 6.92 Å². The Bertz CT molecular complexity index is 705. The van der Waals surface area contributed by atoms with Crippen molar-refractivity contribution in [3.63, 3.8) is 0 Å². The van der Waals surface area contributed by atoms with Crippen LogP contribution in [0.5, 0.6) is 0 Å². The number of rotatable bonds is 5. The van der Waals surface area contributed by atoms with E-state index in [4.69, 9.17) is 0 Å². The molecule has 0 saturated carbocycles. The quantitative estimate of drug-likeness (QED) is 0.889. The zero-order chi connectivity index (χ0) is 16.8. The van der Waals surface area contributed by atoms with E-state index in [1.807, 2.05) is 6.07 Å². The van der Waals surface area contributed by atoms with Gasteiger partial charge in [-0.05, 0) is 17.7 Å². The van der Waals surface area contributed by atoms with Crippen LogP contribution in [0, 0.1) is 11.6 Å². The van der Waals surface area contributed by atoms with E-state index in [1.54, 1.807) is 24.3 Å². The number of nitrogens with one attached hydrogen (secondary N) is 2. The molecule has 6 heteroatoms. The Balaban J connectivity index is 2.11. The predicted molar refractivity (Wildman–Crippen MR) is 82.6 cm³/mol. The van der Waals surface area contributed by atoms with E-state index in [0.717, 1.165) is 23.8 Å². The smallest absolute Gasteiger partial charge is 0.226 e. The van der Waals surface area contributed by atoms with Crippen LogP contribution in [0.25, 0.3) is 0 Å². The Morgan fingerprint density at radius 3 is 2.43 bits per heavy atom. The van der Waals surface area contributed by atoms with Crippen molar-refractivity contribution in [2.45, 2.75) is 19.4 Å². The molecule has 2 aromatic carbocycles. The van der Waals surface area contributed by atoms with Crippen LogP contribution in [0.3, 0.4) is 0 Å². The number of hydrogen-bond acceptors (Lipinski definition) is 2. The molecule has 120 valence electrons. The van der Waals surface area contributed by atoms with Crippen molar-refractivity contribution in [3.05, 3.63) is 65.7 Å². The highest BCUT2D eigenvalue weighted by Crippen LogP contribution is 2.19. The van der Waals surface area contributed by atoms with Crippen molar-refractivity contribution < 1.29 is 18.4 Å². The van der Waals surface area contributed by atoms with Gasteiger partial charge in [-0.2, -0.15) is 0 Å². The molecule has 0 radical (unpaired) electrons. The molecule has 2 amide bonds. The SMILES string of the molecule is CC(=O)N[C@H](CC(=O)Nc1cc(F)ccc1F)c1ccccc1. The van der Waals surface area contributed by atoms with Gasteiger partial charge in [0.25, 0.3) is 0 Å². The normalized spacial score (nSPS) is 11.6. The van der Waals surface area contributed by atoms with E-state index in [0.29, 0.717) is 0 Å². The van der Waals surface area contributed by atoms with Crippen LogP contribution in [-0.2, 0) is 9.59 Å². The second-order valence-corrected chi connectivity index (χ2v) is 5.04. The number of benzene rings is 2. The summed E-state index contributed by atoms with van der Waals surface area (Å²) in [5, 5.41) is 4.99. The monoisotopic (exact) mass is 318 g/mol. The molecule has 0 aliphatic rings. The first-order valence-electron chi connectivity index (χ1n) is 7.02. The highest BCUT2D eigenvalue weighted by Gasteiger charge is 2.18. The fourth-order valence-electron chi connectivity index (χ4n) is 2.16. The van der Waals surface area contributed by atoms with Crippen LogP contribution in [-0.4, -0.2) is 11.8 Å². The van der Waals surface area contributed by atoms with Gasteiger partial charge >= 0.3 is 0 Å². The third-order valence-corrected chi connectivity index (χ3v) is 3.17. The summed E-state index contributed by atoms with van der Waals surface area (Å²) in [6.07, 6.45) is -0.0977. The van der Waals surface area contributed by atoms with Gasteiger partial charge < -0.3 is 10.6 Å². The second kappa shape index (κ2) is 7.49. The molecule has 4 nitrogen and oxygen atoms in total. The van der Waals surface area contributed by atoms with Crippen LogP contribution in [0.15, 0.2) is 48.5 Å². The van der Waals surface area contributed by atoms with E-state index in [-0.39, 0.29) is 18.0 Å². The minimum atomic E-state index is -0.726. The third kappa shape index (κ3) is 4.88. The van der Waals surface area contributed by atoms with Crippen molar-refractivity contribution in [2.24, 2.45) is 0 Å². The molecule has 0 unspecified atom stereocenters. The summed E-state index contributed by atoms with van der Waals surface area (Å²) in [4.78, 5) is 23.4. The number of amides is 2. The first kappa shape index (κ1) is 16.6. The predicted octanol–water partition coefficient (Wildman–Crippen LogP) is 3.17. The third-order valence-electron chi connectivity index (χ3n) is 3.17. The molecular formula is C17H16F2N2O2. The van der Waals surface area contributed by atoms with Crippen molar-refractivity contribution >= 4 is 17.5 Å². The summed E-state index contributed by atoms with van der Waals surface area (Å²) in [7, 11) is 0. The Kier molecular flexibility index (Phi) is 5.41. The van der Waals surface area contributed by atoms with Crippen molar-refractivity contribution in [3.8, 4) is 0 Å². The minimum absolute atomic E-state index is 0.0977. The fourth-order valence-corrected chi connectivity index (χ4v) is 2.16. The van der Waals surface area contributed by atoms with Crippen molar-refractivity contribution in [1.82, 2.24) is 5.32 Å². The molecule has 0 fully saturated rings. The number of carbonyl (C=O) groups excluding carboxylic acids is 2. The van der Waals surface area contributed by atoms with E-state index in [9.17, 15) is 18.4 Å².